The summed E-state index contributed by atoms with van der Waals surface area (Å²) >= 11 is 0. The van der Waals surface area contributed by atoms with Crippen molar-refractivity contribution in [2.45, 2.75) is 38.0 Å². The Morgan fingerprint density at radius 1 is 1.16 bits per heavy atom. The lowest BCUT2D eigenvalue weighted by Gasteiger charge is -2.22. The Kier molecular flexibility index (Phi) is 3.82. The second kappa shape index (κ2) is 5.74. The van der Waals surface area contributed by atoms with Crippen molar-refractivity contribution in [1.29, 1.82) is 0 Å². The van der Waals surface area contributed by atoms with Crippen LogP contribution in [-0.4, -0.2) is 36.3 Å². The lowest BCUT2D eigenvalue weighted by atomic mass is 10.0. The summed E-state index contributed by atoms with van der Waals surface area (Å²) in [5, 5.41) is 0. The smallest absolute Gasteiger partial charge is 0.222 e. The first-order valence-corrected chi connectivity index (χ1v) is 7.30. The first kappa shape index (κ1) is 12.7. The van der Waals surface area contributed by atoms with E-state index in [4.69, 9.17) is 10.5 Å². The molecular weight excluding hydrogens is 240 g/mol. The van der Waals surface area contributed by atoms with Crippen LogP contribution in [0.1, 0.15) is 43.7 Å². The SMILES string of the molecule is Nc1nc([C@@H]2CCOC2)cc(N2CCCCCC2)n1. The third-order valence-electron chi connectivity index (χ3n) is 4.03. The van der Waals surface area contributed by atoms with Crippen LogP contribution in [0.5, 0.6) is 0 Å². The van der Waals surface area contributed by atoms with E-state index in [2.05, 4.69) is 20.9 Å². The van der Waals surface area contributed by atoms with Crippen molar-refractivity contribution in [2.24, 2.45) is 0 Å². The highest BCUT2D eigenvalue weighted by atomic mass is 16.5. The van der Waals surface area contributed by atoms with Crippen LogP contribution in [0.3, 0.4) is 0 Å². The fourth-order valence-corrected chi connectivity index (χ4v) is 2.91. The second-order valence-corrected chi connectivity index (χ2v) is 5.47. The maximum Gasteiger partial charge on any atom is 0.222 e. The Morgan fingerprint density at radius 3 is 2.63 bits per heavy atom. The van der Waals surface area contributed by atoms with Crippen LogP contribution in [0.2, 0.25) is 0 Å². The zero-order valence-electron chi connectivity index (χ0n) is 11.3. The van der Waals surface area contributed by atoms with E-state index in [0.29, 0.717) is 11.9 Å². The number of ether oxygens (including phenoxy) is 1. The third-order valence-corrected chi connectivity index (χ3v) is 4.03. The van der Waals surface area contributed by atoms with E-state index < -0.39 is 0 Å². The zero-order chi connectivity index (χ0) is 13.1. The van der Waals surface area contributed by atoms with Gasteiger partial charge in [0.1, 0.15) is 5.82 Å². The molecule has 0 radical (unpaired) electrons. The molecule has 2 N–H and O–H groups in total. The molecule has 2 aliphatic heterocycles. The zero-order valence-corrected chi connectivity index (χ0v) is 11.3. The number of nitrogen functional groups attached to an aromatic ring is 1. The van der Waals surface area contributed by atoms with Crippen molar-refractivity contribution in [1.82, 2.24) is 9.97 Å². The van der Waals surface area contributed by atoms with Gasteiger partial charge in [-0.25, -0.2) is 4.98 Å². The van der Waals surface area contributed by atoms with Gasteiger partial charge in [-0.3, -0.25) is 0 Å². The molecule has 2 aliphatic rings. The van der Waals surface area contributed by atoms with E-state index >= 15 is 0 Å². The molecule has 5 nitrogen and oxygen atoms in total. The highest BCUT2D eigenvalue weighted by Gasteiger charge is 2.21. The summed E-state index contributed by atoms with van der Waals surface area (Å²) in [4.78, 5) is 11.2. The molecule has 0 spiro atoms. The molecule has 3 heterocycles. The molecule has 3 rings (SSSR count). The Morgan fingerprint density at radius 2 is 1.95 bits per heavy atom. The molecule has 19 heavy (non-hydrogen) atoms. The number of nitrogens with zero attached hydrogens (tertiary/aromatic N) is 3. The molecule has 5 heteroatoms. The number of rotatable bonds is 2. The molecule has 2 fully saturated rings. The van der Waals surface area contributed by atoms with Crippen molar-refractivity contribution in [2.75, 3.05) is 36.9 Å². The van der Waals surface area contributed by atoms with Crippen LogP contribution in [0.15, 0.2) is 6.07 Å². The van der Waals surface area contributed by atoms with Gasteiger partial charge < -0.3 is 15.4 Å². The van der Waals surface area contributed by atoms with E-state index in [-0.39, 0.29) is 0 Å². The largest absolute Gasteiger partial charge is 0.381 e. The molecule has 104 valence electrons. The fraction of sp³-hybridized carbons (Fsp3) is 0.714. The number of anilines is 2. The fourth-order valence-electron chi connectivity index (χ4n) is 2.91. The van der Waals surface area contributed by atoms with Gasteiger partial charge in [-0.1, -0.05) is 12.8 Å². The summed E-state index contributed by atoms with van der Waals surface area (Å²) in [6, 6.07) is 2.11. The second-order valence-electron chi connectivity index (χ2n) is 5.47. The molecular formula is C14H22N4O. The maximum absolute atomic E-state index is 5.88. The topological polar surface area (TPSA) is 64.3 Å². The van der Waals surface area contributed by atoms with Gasteiger partial charge in [0.25, 0.3) is 0 Å². The molecule has 0 saturated carbocycles. The van der Waals surface area contributed by atoms with Crippen LogP contribution in [0, 0.1) is 0 Å². The van der Waals surface area contributed by atoms with Gasteiger partial charge in [0.15, 0.2) is 0 Å². The van der Waals surface area contributed by atoms with Crippen LogP contribution in [-0.2, 0) is 4.74 Å². The first-order chi connectivity index (χ1) is 9.33. The van der Waals surface area contributed by atoms with Crippen molar-refractivity contribution in [3.05, 3.63) is 11.8 Å². The van der Waals surface area contributed by atoms with Gasteiger partial charge in [-0.15, -0.1) is 0 Å². The summed E-state index contributed by atoms with van der Waals surface area (Å²) in [5.41, 5.74) is 6.93. The molecule has 1 atom stereocenters. The summed E-state index contributed by atoms with van der Waals surface area (Å²) in [6.45, 7) is 3.75. The lowest BCUT2D eigenvalue weighted by Crippen LogP contribution is -2.25. The van der Waals surface area contributed by atoms with Crippen LogP contribution < -0.4 is 10.6 Å². The molecule has 1 aromatic rings. The lowest BCUT2D eigenvalue weighted by molar-refractivity contribution is 0.193. The number of nitrogens with two attached hydrogens (primary N) is 1. The van der Waals surface area contributed by atoms with Gasteiger partial charge in [-0.05, 0) is 19.3 Å². The van der Waals surface area contributed by atoms with Crippen LogP contribution in [0.25, 0.3) is 0 Å². The molecule has 0 unspecified atom stereocenters. The average molecular weight is 262 g/mol. The highest BCUT2D eigenvalue weighted by molar-refractivity contribution is 5.44. The normalized spacial score (nSPS) is 24.4. The number of hydrogen-bond donors (Lipinski definition) is 1. The van der Waals surface area contributed by atoms with E-state index in [0.717, 1.165) is 44.2 Å². The van der Waals surface area contributed by atoms with E-state index in [1.54, 1.807) is 0 Å². The van der Waals surface area contributed by atoms with Gasteiger partial charge in [0.2, 0.25) is 5.95 Å². The van der Waals surface area contributed by atoms with E-state index in [1.807, 2.05) is 0 Å². The van der Waals surface area contributed by atoms with Crippen molar-refractivity contribution in [3.8, 4) is 0 Å². The summed E-state index contributed by atoms with van der Waals surface area (Å²) in [5.74, 6) is 1.77. The summed E-state index contributed by atoms with van der Waals surface area (Å²) in [6.07, 6.45) is 6.16. The summed E-state index contributed by atoms with van der Waals surface area (Å²) in [7, 11) is 0. The minimum Gasteiger partial charge on any atom is -0.381 e. The number of hydrogen-bond acceptors (Lipinski definition) is 5. The first-order valence-electron chi connectivity index (χ1n) is 7.30. The molecule has 0 aromatic carbocycles. The minimum atomic E-state index is 0.385. The van der Waals surface area contributed by atoms with Crippen molar-refractivity contribution >= 4 is 11.8 Å². The molecule has 0 bridgehead atoms. The standard InChI is InChI=1S/C14H22N4O/c15-14-16-12(11-5-8-19-10-11)9-13(17-14)18-6-3-1-2-4-7-18/h9,11H,1-8,10H2,(H2,15,16,17)/t11-/m1/s1. The third kappa shape index (κ3) is 2.97. The number of aromatic nitrogens is 2. The Labute approximate surface area is 114 Å². The van der Waals surface area contributed by atoms with Crippen molar-refractivity contribution in [3.63, 3.8) is 0 Å². The summed E-state index contributed by atoms with van der Waals surface area (Å²) < 4.78 is 5.44. The van der Waals surface area contributed by atoms with Crippen molar-refractivity contribution < 1.29 is 4.74 Å². The Balaban J connectivity index is 1.83. The Hall–Kier alpha value is -1.36. The monoisotopic (exact) mass is 262 g/mol. The predicted molar refractivity (Wildman–Crippen MR) is 75.3 cm³/mol. The molecule has 0 aliphatic carbocycles. The Bertz CT molecular complexity index is 423. The van der Waals surface area contributed by atoms with E-state index in [1.165, 1.54) is 25.7 Å². The minimum absolute atomic E-state index is 0.385. The highest BCUT2D eigenvalue weighted by Crippen LogP contribution is 2.27. The van der Waals surface area contributed by atoms with Crippen LogP contribution >= 0.6 is 0 Å². The molecule has 0 amide bonds. The van der Waals surface area contributed by atoms with Gasteiger partial charge in [0.05, 0.1) is 12.3 Å². The molecule has 1 aromatic heterocycles. The van der Waals surface area contributed by atoms with Gasteiger partial charge in [-0.2, -0.15) is 4.98 Å². The van der Waals surface area contributed by atoms with Gasteiger partial charge >= 0.3 is 0 Å². The predicted octanol–water partition coefficient (Wildman–Crippen LogP) is 1.94. The van der Waals surface area contributed by atoms with E-state index in [9.17, 15) is 0 Å². The van der Waals surface area contributed by atoms with Crippen LogP contribution in [0.4, 0.5) is 11.8 Å². The van der Waals surface area contributed by atoms with Gasteiger partial charge in [0, 0.05) is 31.7 Å². The molecule has 2 saturated heterocycles. The average Bonchev–Trinajstić information content (AvgIpc) is 2.81. The quantitative estimate of drug-likeness (QED) is 0.882. The maximum atomic E-state index is 5.88.